The van der Waals surface area contributed by atoms with E-state index in [-0.39, 0.29) is 23.2 Å². The van der Waals surface area contributed by atoms with E-state index < -0.39 is 88.2 Å². The quantitative estimate of drug-likeness (QED) is 0.183. The van der Waals surface area contributed by atoms with Gasteiger partial charge < -0.3 is 9.11 Å². The number of halogens is 10. The van der Waals surface area contributed by atoms with Gasteiger partial charge in [-0.25, -0.2) is 60.7 Å². The summed E-state index contributed by atoms with van der Waals surface area (Å²) in [6.45, 7) is 0. The summed E-state index contributed by atoms with van der Waals surface area (Å²) in [4.78, 5) is -4.75. The van der Waals surface area contributed by atoms with E-state index in [9.17, 15) is 69.8 Å². The molecule has 41 heavy (non-hydrogen) atoms. The van der Waals surface area contributed by atoms with Gasteiger partial charge in [-0.3, -0.25) is 0 Å². The first-order valence-electron chi connectivity index (χ1n) is 10.2. The normalized spacial score (nSPS) is 14.0. The standard InChI is InChI=1S/2C6HF5O3S.2C5H5.Zr/c2*7-1-2(8)4(10)6(15(12,13)14)5(11)3(1)9;2*1-2-4-5-3-1;/h2*(H,12,13,14);2*1-3H,4H2;/q;;;;+2/p-2. The Labute approximate surface area is 236 Å². The molecular formula is C22H10F10O6S2Zr. The van der Waals surface area contributed by atoms with Crippen molar-refractivity contribution in [2.24, 2.45) is 0 Å². The number of rotatable bonds is 4. The van der Waals surface area contributed by atoms with Crippen LogP contribution in [0, 0.1) is 58.2 Å². The van der Waals surface area contributed by atoms with Gasteiger partial charge in [-0.15, -0.1) is 0 Å². The molecule has 0 saturated heterocycles. The maximum Gasteiger partial charge on any atom is 0.200 e. The van der Waals surface area contributed by atoms with Crippen LogP contribution in [-0.4, -0.2) is 25.9 Å². The Bertz CT molecular complexity index is 1540. The first kappa shape index (κ1) is 34.6. The Morgan fingerprint density at radius 1 is 0.488 bits per heavy atom. The van der Waals surface area contributed by atoms with Crippen molar-refractivity contribution in [3.63, 3.8) is 0 Å². The molecule has 19 heteroatoms. The molecule has 0 radical (unpaired) electrons. The Hall–Kier alpha value is -2.60. The topological polar surface area (TPSA) is 114 Å². The van der Waals surface area contributed by atoms with E-state index in [1.165, 1.54) is 12.8 Å². The molecule has 220 valence electrons. The molecule has 0 fully saturated rings. The Kier molecular flexibility index (Phi) is 11.5. The fraction of sp³-hybridized carbons (Fsp3) is 0.0909. The SMILES string of the molecule is C1=CC[C]([Zr+2][C]2=CC=CC2)=C1.O=S(=O)([O-])c1c(F)c(F)c(F)c(F)c1F.O=S(=O)([O-])c1c(F)c(F)c(F)c(F)c1F. The third-order valence-electron chi connectivity index (χ3n) is 4.70. The van der Waals surface area contributed by atoms with Gasteiger partial charge in [-0.05, 0) is 0 Å². The molecule has 0 spiro atoms. The van der Waals surface area contributed by atoms with E-state index in [1.807, 2.05) is 0 Å². The van der Waals surface area contributed by atoms with E-state index in [0.29, 0.717) is 0 Å². The van der Waals surface area contributed by atoms with Crippen LogP contribution >= 0.6 is 0 Å². The molecular weight excluding hydrogens is 706 g/mol. The molecule has 4 rings (SSSR count). The summed E-state index contributed by atoms with van der Waals surface area (Å²) in [6, 6.07) is 0. The van der Waals surface area contributed by atoms with Crippen LogP contribution < -0.4 is 0 Å². The molecule has 0 atom stereocenters. The van der Waals surface area contributed by atoms with E-state index in [2.05, 4.69) is 36.5 Å². The molecule has 2 aliphatic carbocycles. The maximum atomic E-state index is 12.6. The minimum Gasteiger partial charge on any atom is -0.744 e. The fourth-order valence-corrected chi connectivity index (χ4v) is 7.11. The van der Waals surface area contributed by atoms with E-state index in [1.54, 1.807) is 6.56 Å². The van der Waals surface area contributed by atoms with Gasteiger partial charge in [0.2, 0.25) is 11.6 Å². The molecule has 2 aliphatic rings. The predicted octanol–water partition coefficient (Wildman–Crippen LogP) is 5.33. The second-order valence-electron chi connectivity index (χ2n) is 7.48. The number of allylic oxidation sites excluding steroid dienone is 8. The fourth-order valence-electron chi connectivity index (χ4n) is 2.89. The molecule has 0 amide bonds. The van der Waals surface area contributed by atoms with Crippen molar-refractivity contribution in [1.82, 2.24) is 0 Å². The van der Waals surface area contributed by atoms with Crippen LogP contribution in [0.2, 0.25) is 0 Å². The Morgan fingerprint density at radius 3 is 0.927 bits per heavy atom. The molecule has 0 aromatic heterocycles. The third kappa shape index (κ3) is 8.25. The predicted molar refractivity (Wildman–Crippen MR) is 112 cm³/mol. The molecule has 0 aliphatic heterocycles. The Morgan fingerprint density at radius 2 is 0.732 bits per heavy atom. The molecule has 0 bridgehead atoms. The van der Waals surface area contributed by atoms with Gasteiger partial charge in [-0.2, -0.15) is 0 Å². The van der Waals surface area contributed by atoms with Crippen LogP contribution in [-0.2, 0) is 43.5 Å². The van der Waals surface area contributed by atoms with Crippen molar-refractivity contribution in [3.8, 4) is 0 Å². The zero-order valence-electron chi connectivity index (χ0n) is 19.4. The van der Waals surface area contributed by atoms with Crippen molar-refractivity contribution in [1.29, 1.82) is 0 Å². The molecule has 2 aromatic carbocycles. The molecule has 6 nitrogen and oxygen atoms in total. The number of hydrogen-bond donors (Lipinski definition) is 0. The summed E-state index contributed by atoms with van der Waals surface area (Å²) >= 11 is -0.312. The van der Waals surface area contributed by atoms with Crippen LogP contribution in [0.15, 0.2) is 52.8 Å². The van der Waals surface area contributed by atoms with Gasteiger partial charge in [0.15, 0.2) is 46.5 Å². The molecule has 0 heterocycles. The minimum atomic E-state index is -5.77. The second kappa shape index (κ2) is 13.6. The van der Waals surface area contributed by atoms with Crippen molar-refractivity contribution in [2.45, 2.75) is 22.6 Å². The van der Waals surface area contributed by atoms with Crippen molar-refractivity contribution in [3.05, 3.63) is 101 Å². The maximum absolute atomic E-state index is 12.6. The zero-order valence-corrected chi connectivity index (χ0v) is 23.5. The third-order valence-corrected chi connectivity index (χ3v) is 9.82. The van der Waals surface area contributed by atoms with Crippen LogP contribution in [0.3, 0.4) is 0 Å². The summed E-state index contributed by atoms with van der Waals surface area (Å²) in [5.74, 6) is -25.7. The molecule has 2 aromatic rings. The molecule has 0 unspecified atom stereocenters. The second-order valence-corrected chi connectivity index (χ2v) is 13.9. The smallest absolute Gasteiger partial charge is 0.200 e. The zero-order chi connectivity index (χ0) is 31.4. The van der Waals surface area contributed by atoms with Gasteiger partial charge in [0, 0.05) is 0 Å². The van der Waals surface area contributed by atoms with E-state index >= 15 is 0 Å². The van der Waals surface area contributed by atoms with Gasteiger partial charge >= 0.3 is 79.1 Å². The largest absolute Gasteiger partial charge is 0.744 e. The first-order valence-corrected chi connectivity index (χ1v) is 15.5. The van der Waals surface area contributed by atoms with Crippen LogP contribution in [0.1, 0.15) is 12.8 Å². The van der Waals surface area contributed by atoms with Crippen molar-refractivity contribution in [2.75, 3.05) is 0 Å². The summed E-state index contributed by atoms with van der Waals surface area (Å²) in [7, 11) is -11.5. The monoisotopic (exact) mass is 714 g/mol. The molecule has 0 N–H and O–H groups in total. The molecule has 0 saturated carbocycles. The van der Waals surface area contributed by atoms with Gasteiger partial charge in [0.1, 0.15) is 30.0 Å². The van der Waals surface area contributed by atoms with Crippen molar-refractivity contribution < 1.29 is 93.1 Å². The number of benzene rings is 2. The summed E-state index contributed by atoms with van der Waals surface area (Å²) in [5, 5.41) is 0. The summed E-state index contributed by atoms with van der Waals surface area (Å²) in [6.07, 6.45) is 16.0. The van der Waals surface area contributed by atoms with Gasteiger partial charge in [-0.1, -0.05) is 0 Å². The van der Waals surface area contributed by atoms with Crippen molar-refractivity contribution >= 4 is 20.2 Å². The first-order chi connectivity index (χ1) is 18.8. The number of hydrogen-bond acceptors (Lipinski definition) is 6. The van der Waals surface area contributed by atoms with E-state index in [4.69, 9.17) is 0 Å². The van der Waals surface area contributed by atoms with Gasteiger partial charge in [0.05, 0.1) is 0 Å². The average Bonchev–Trinajstić information content (AvgIpc) is 3.58. The van der Waals surface area contributed by atoms with Crippen LogP contribution in [0.25, 0.3) is 0 Å². The van der Waals surface area contributed by atoms with E-state index in [0.717, 1.165) is 0 Å². The summed E-state index contributed by atoms with van der Waals surface area (Å²) in [5.41, 5.74) is 0. The average molecular weight is 716 g/mol. The van der Waals surface area contributed by atoms with Crippen LogP contribution in [0.4, 0.5) is 43.9 Å². The Balaban J connectivity index is 0.000000218. The van der Waals surface area contributed by atoms with Gasteiger partial charge in [0.25, 0.3) is 0 Å². The summed E-state index contributed by atoms with van der Waals surface area (Å²) < 4.78 is 189. The minimum absolute atomic E-state index is 0.312. The van der Waals surface area contributed by atoms with Crippen LogP contribution in [0.5, 0.6) is 0 Å².